The first kappa shape index (κ1) is 13.2. The van der Waals surface area contributed by atoms with Crippen molar-refractivity contribution >= 4 is 15.9 Å². The number of halogens is 6. The first-order valence-corrected chi connectivity index (χ1v) is 4.78. The summed E-state index contributed by atoms with van der Waals surface area (Å²) in [5.74, 6) is -4.69. The van der Waals surface area contributed by atoms with Crippen molar-refractivity contribution in [3.63, 3.8) is 0 Å². The van der Waals surface area contributed by atoms with Crippen molar-refractivity contribution in [2.24, 2.45) is 0 Å². The molecule has 0 aliphatic carbocycles. The maximum absolute atomic E-state index is 12.9. The van der Waals surface area contributed by atoms with Crippen molar-refractivity contribution in [2.45, 2.75) is 12.1 Å². The summed E-state index contributed by atoms with van der Waals surface area (Å²) in [6.07, 6.45) is -5.61. The summed E-state index contributed by atoms with van der Waals surface area (Å²) in [7, 11) is 1.28. The van der Waals surface area contributed by atoms with Gasteiger partial charge in [0.15, 0.2) is 0 Å². The van der Waals surface area contributed by atoms with Crippen LogP contribution < -0.4 is 4.74 Å². The highest BCUT2D eigenvalue weighted by Gasteiger charge is 2.58. The normalized spacial score (nSPS) is 12.7. The molecule has 0 unspecified atom stereocenters. The summed E-state index contributed by atoms with van der Waals surface area (Å²) in [6.45, 7) is 0. The summed E-state index contributed by atoms with van der Waals surface area (Å²) in [5.41, 5.74) is -1.13. The second-order valence-electron chi connectivity index (χ2n) is 2.92. The molecule has 1 aromatic carbocycles. The smallest absolute Gasteiger partial charge is 0.458 e. The van der Waals surface area contributed by atoms with Crippen LogP contribution in [0.15, 0.2) is 22.7 Å². The molecule has 90 valence electrons. The molecule has 0 heterocycles. The zero-order chi connectivity index (χ0) is 12.6. The molecule has 1 rings (SSSR count). The molecule has 0 amide bonds. The van der Waals surface area contributed by atoms with Crippen molar-refractivity contribution in [1.82, 2.24) is 0 Å². The molecule has 1 aromatic rings. The van der Waals surface area contributed by atoms with Crippen LogP contribution >= 0.6 is 15.9 Å². The first-order chi connectivity index (χ1) is 7.20. The van der Waals surface area contributed by atoms with E-state index in [1.165, 1.54) is 7.11 Å². The average molecular weight is 305 g/mol. The van der Waals surface area contributed by atoms with E-state index in [4.69, 9.17) is 4.74 Å². The monoisotopic (exact) mass is 304 g/mol. The Bertz CT molecular complexity index is 388. The third-order valence-electron chi connectivity index (χ3n) is 1.87. The molecule has 7 heteroatoms. The molecular formula is C9H6BrF5O. The lowest BCUT2D eigenvalue weighted by atomic mass is 10.1. The Balaban J connectivity index is 3.20. The number of hydrogen-bond donors (Lipinski definition) is 0. The third-order valence-corrected chi connectivity index (χ3v) is 2.49. The Hall–Kier alpha value is -0.850. The fourth-order valence-electron chi connectivity index (χ4n) is 1.03. The van der Waals surface area contributed by atoms with Crippen molar-refractivity contribution in [2.75, 3.05) is 7.11 Å². The van der Waals surface area contributed by atoms with Gasteiger partial charge in [0.05, 0.1) is 11.6 Å². The van der Waals surface area contributed by atoms with Gasteiger partial charge in [-0.05, 0) is 34.1 Å². The highest BCUT2D eigenvalue weighted by molar-refractivity contribution is 9.10. The second-order valence-corrected chi connectivity index (χ2v) is 3.78. The quantitative estimate of drug-likeness (QED) is 0.747. The van der Waals surface area contributed by atoms with Crippen LogP contribution in [-0.2, 0) is 5.92 Å². The molecule has 0 spiro atoms. The van der Waals surface area contributed by atoms with Crippen LogP contribution in [0.25, 0.3) is 0 Å². The van der Waals surface area contributed by atoms with Crippen molar-refractivity contribution in [3.8, 4) is 5.75 Å². The number of rotatable bonds is 2. The lowest BCUT2D eigenvalue weighted by molar-refractivity contribution is -0.289. The Morgan fingerprint density at radius 2 is 1.69 bits per heavy atom. The maximum atomic E-state index is 12.9. The highest BCUT2D eigenvalue weighted by Crippen LogP contribution is 2.45. The Morgan fingerprint density at radius 1 is 1.12 bits per heavy atom. The molecule has 0 saturated heterocycles. The molecule has 0 N–H and O–H groups in total. The zero-order valence-corrected chi connectivity index (χ0v) is 9.49. The van der Waals surface area contributed by atoms with Gasteiger partial charge >= 0.3 is 12.1 Å². The number of alkyl halides is 5. The van der Waals surface area contributed by atoms with Gasteiger partial charge in [-0.15, -0.1) is 0 Å². The van der Waals surface area contributed by atoms with Crippen LogP contribution in [0.1, 0.15) is 5.56 Å². The largest absolute Gasteiger partial charge is 0.496 e. The standard InChI is InChI=1S/C9H6BrF5O/c1-16-7-3-2-5(4-6(7)10)8(11,12)9(13,14)15/h2-4H,1H3. The van der Waals surface area contributed by atoms with Crippen LogP contribution in [-0.4, -0.2) is 13.3 Å². The van der Waals surface area contributed by atoms with E-state index >= 15 is 0 Å². The van der Waals surface area contributed by atoms with Gasteiger partial charge in [-0.2, -0.15) is 22.0 Å². The van der Waals surface area contributed by atoms with Gasteiger partial charge in [0.2, 0.25) is 0 Å². The van der Waals surface area contributed by atoms with E-state index in [-0.39, 0.29) is 10.2 Å². The van der Waals surface area contributed by atoms with Crippen LogP contribution in [0, 0.1) is 0 Å². The van der Waals surface area contributed by atoms with Gasteiger partial charge in [-0.1, -0.05) is 0 Å². The van der Waals surface area contributed by atoms with Crippen LogP contribution in [0.4, 0.5) is 22.0 Å². The fourth-order valence-corrected chi connectivity index (χ4v) is 1.57. The van der Waals surface area contributed by atoms with E-state index in [0.29, 0.717) is 12.1 Å². The fraction of sp³-hybridized carbons (Fsp3) is 0.333. The summed E-state index contributed by atoms with van der Waals surface area (Å²) >= 11 is 2.84. The van der Waals surface area contributed by atoms with E-state index in [2.05, 4.69) is 15.9 Å². The van der Waals surface area contributed by atoms with E-state index in [1.807, 2.05) is 0 Å². The van der Waals surface area contributed by atoms with Gasteiger partial charge in [-0.3, -0.25) is 0 Å². The lowest BCUT2D eigenvalue weighted by Crippen LogP contribution is -2.33. The minimum absolute atomic E-state index is 0.0384. The van der Waals surface area contributed by atoms with Crippen LogP contribution in [0.2, 0.25) is 0 Å². The van der Waals surface area contributed by atoms with E-state index in [1.54, 1.807) is 0 Å². The molecule has 16 heavy (non-hydrogen) atoms. The highest BCUT2D eigenvalue weighted by atomic mass is 79.9. The summed E-state index contributed by atoms with van der Waals surface area (Å²) < 4.78 is 66.7. The van der Waals surface area contributed by atoms with E-state index < -0.39 is 17.7 Å². The molecule has 0 aromatic heterocycles. The molecule has 1 nitrogen and oxygen atoms in total. The molecule has 0 bridgehead atoms. The molecule has 0 atom stereocenters. The van der Waals surface area contributed by atoms with Gasteiger partial charge in [-0.25, -0.2) is 0 Å². The van der Waals surface area contributed by atoms with Gasteiger partial charge in [0.25, 0.3) is 0 Å². The van der Waals surface area contributed by atoms with Crippen molar-refractivity contribution < 1.29 is 26.7 Å². The molecule has 0 aliphatic rings. The number of benzene rings is 1. The topological polar surface area (TPSA) is 9.23 Å². The summed E-state index contributed by atoms with van der Waals surface area (Å²) in [5, 5.41) is 0. The Morgan fingerprint density at radius 3 is 2.06 bits per heavy atom. The predicted molar refractivity (Wildman–Crippen MR) is 50.6 cm³/mol. The molecular weight excluding hydrogens is 299 g/mol. The van der Waals surface area contributed by atoms with Gasteiger partial charge < -0.3 is 4.74 Å². The van der Waals surface area contributed by atoms with E-state index in [9.17, 15) is 22.0 Å². The minimum Gasteiger partial charge on any atom is -0.496 e. The SMILES string of the molecule is COc1ccc(C(F)(F)C(F)(F)F)cc1Br. The Labute approximate surface area is 96.3 Å². The molecule has 0 aliphatic heterocycles. The van der Waals surface area contributed by atoms with Crippen molar-refractivity contribution in [3.05, 3.63) is 28.2 Å². The lowest BCUT2D eigenvalue weighted by Gasteiger charge is -2.20. The molecule has 0 radical (unpaired) electrons. The second kappa shape index (κ2) is 4.20. The minimum atomic E-state index is -5.61. The molecule has 0 saturated carbocycles. The van der Waals surface area contributed by atoms with Gasteiger partial charge in [0, 0.05) is 5.56 Å². The number of ether oxygens (including phenoxy) is 1. The number of methoxy groups -OCH3 is 1. The van der Waals surface area contributed by atoms with Crippen LogP contribution in [0.3, 0.4) is 0 Å². The van der Waals surface area contributed by atoms with Crippen molar-refractivity contribution in [1.29, 1.82) is 0 Å². The Kier molecular flexibility index (Phi) is 3.47. The zero-order valence-electron chi connectivity index (χ0n) is 7.91. The first-order valence-electron chi connectivity index (χ1n) is 3.98. The van der Waals surface area contributed by atoms with Crippen LogP contribution in [0.5, 0.6) is 5.75 Å². The maximum Gasteiger partial charge on any atom is 0.458 e. The summed E-state index contributed by atoms with van der Waals surface area (Å²) in [6, 6.07) is 2.41. The predicted octanol–water partition coefficient (Wildman–Crippen LogP) is 4.11. The summed E-state index contributed by atoms with van der Waals surface area (Å²) in [4.78, 5) is 0. The van der Waals surface area contributed by atoms with Gasteiger partial charge in [0.1, 0.15) is 5.75 Å². The number of hydrogen-bond acceptors (Lipinski definition) is 1. The third kappa shape index (κ3) is 2.28. The van der Waals surface area contributed by atoms with E-state index in [0.717, 1.165) is 6.07 Å². The molecule has 0 fully saturated rings. The average Bonchev–Trinajstić information content (AvgIpc) is 2.15.